The van der Waals surface area contributed by atoms with Crippen molar-refractivity contribution in [3.8, 4) is 29.6 Å². The number of terminal acetylenes is 1. The van der Waals surface area contributed by atoms with E-state index in [0.717, 1.165) is 8.04 Å². The van der Waals surface area contributed by atoms with E-state index in [0.29, 0.717) is 28.3 Å². The number of benzene rings is 2. The van der Waals surface area contributed by atoms with Crippen LogP contribution in [0.5, 0.6) is 17.2 Å². The normalized spacial score (nSPS) is 14.6. The molecule has 13 heteroatoms. The molecule has 3 amide bonds. The molecular formula is C27H26BrIN4O7. The summed E-state index contributed by atoms with van der Waals surface area (Å²) in [4.78, 5) is 37.1. The molecule has 3 rings (SSSR count). The Balaban J connectivity index is 1.70. The standard InChI is InChI=1S/C27H26BrIN4O7/c1-5-9-39-25-17(10-18(28)12-19(25)29)13-30-33-22(34)14-40-20-8-7-16(11-21(20)37-4)24-23(26(35)38-6-2)15(3)31-27(36)32-24/h1,7-8,10-13,24H,6,9,14H2,2-4H3,(H,33,34)(H2,31,32,36)/b30-13+/t24-/m0/s1. The number of halogens is 2. The summed E-state index contributed by atoms with van der Waals surface area (Å²) in [5.41, 5.74) is 4.23. The Bertz CT molecular complexity index is 1400. The van der Waals surface area contributed by atoms with Crippen molar-refractivity contribution in [2.75, 3.05) is 26.9 Å². The quantitative estimate of drug-likeness (QED) is 0.106. The van der Waals surface area contributed by atoms with Crippen molar-refractivity contribution in [2.45, 2.75) is 19.9 Å². The number of nitrogens with one attached hydrogen (secondary N) is 3. The number of methoxy groups -OCH3 is 1. The van der Waals surface area contributed by atoms with Crippen LogP contribution in [0.4, 0.5) is 4.79 Å². The summed E-state index contributed by atoms with van der Waals surface area (Å²) in [6.07, 6.45) is 6.74. The van der Waals surface area contributed by atoms with Crippen molar-refractivity contribution < 1.29 is 33.3 Å². The molecule has 1 aliphatic rings. The minimum Gasteiger partial charge on any atom is -0.493 e. The predicted molar refractivity (Wildman–Crippen MR) is 159 cm³/mol. The molecule has 210 valence electrons. The summed E-state index contributed by atoms with van der Waals surface area (Å²) in [5.74, 6) is 2.45. The Kier molecular flexibility index (Phi) is 11.2. The highest BCUT2D eigenvalue weighted by Gasteiger charge is 2.32. The highest BCUT2D eigenvalue weighted by Crippen LogP contribution is 2.34. The summed E-state index contributed by atoms with van der Waals surface area (Å²) in [5, 5.41) is 9.30. The minimum atomic E-state index is -0.774. The second kappa shape index (κ2) is 14.6. The van der Waals surface area contributed by atoms with Crippen LogP contribution in [0.25, 0.3) is 0 Å². The van der Waals surface area contributed by atoms with Gasteiger partial charge in [0.15, 0.2) is 18.1 Å². The number of urea groups is 1. The monoisotopic (exact) mass is 724 g/mol. The van der Waals surface area contributed by atoms with Gasteiger partial charge in [-0.25, -0.2) is 15.0 Å². The number of nitrogens with zero attached hydrogens (tertiary/aromatic N) is 1. The lowest BCUT2D eigenvalue weighted by atomic mass is 9.95. The van der Waals surface area contributed by atoms with Crippen molar-refractivity contribution in [1.29, 1.82) is 0 Å². The number of hydrogen-bond acceptors (Lipinski definition) is 8. The molecule has 0 unspecified atom stereocenters. The van der Waals surface area contributed by atoms with E-state index in [1.807, 2.05) is 6.07 Å². The van der Waals surface area contributed by atoms with Gasteiger partial charge in [-0.05, 0) is 66.3 Å². The van der Waals surface area contributed by atoms with Crippen LogP contribution in [0.3, 0.4) is 0 Å². The van der Waals surface area contributed by atoms with Gasteiger partial charge in [-0.1, -0.05) is 27.9 Å². The number of ether oxygens (including phenoxy) is 4. The van der Waals surface area contributed by atoms with Gasteiger partial charge in [0.25, 0.3) is 5.91 Å². The van der Waals surface area contributed by atoms with Gasteiger partial charge >= 0.3 is 12.0 Å². The van der Waals surface area contributed by atoms with E-state index >= 15 is 0 Å². The Morgan fingerprint density at radius 2 is 2.02 bits per heavy atom. The smallest absolute Gasteiger partial charge is 0.338 e. The van der Waals surface area contributed by atoms with Crippen molar-refractivity contribution in [1.82, 2.24) is 16.1 Å². The Morgan fingerprint density at radius 3 is 2.73 bits per heavy atom. The van der Waals surface area contributed by atoms with Crippen LogP contribution in [0.2, 0.25) is 0 Å². The van der Waals surface area contributed by atoms with Gasteiger partial charge in [-0.15, -0.1) is 6.42 Å². The number of rotatable bonds is 11. The van der Waals surface area contributed by atoms with Gasteiger partial charge in [0.05, 0.1) is 35.1 Å². The second-order valence-electron chi connectivity index (χ2n) is 8.08. The molecule has 40 heavy (non-hydrogen) atoms. The lowest BCUT2D eigenvalue weighted by molar-refractivity contribution is -0.139. The second-order valence-corrected chi connectivity index (χ2v) is 10.2. The van der Waals surface area contributed by atoms with Crippen LogP contribution in [-0.2, 0) is 14.3 Å². The van der Waals surface area contributed by atoms with Crippen LogP contribution < -0.4 is 30.3 Å². The largest absolute Gasteiger partial charge is 0.493 e. The zero-order valence-electron chi connectivity index (χ0n) is 21.8. The third kappa shape index (κ3) is 7.89. The molecular weight excluding hydrogens is 699 g/mol. The Labute approximate surface area is 253 Å². The van der Waals surface area contributed by atoms with Crippen LogP contribution in [-0.4, -0.2) is 51.1 Å². The highest BCUT2D eigenvalue weighted by atomic mass is 127. The molecule has 3 N–H and O–H groups in total. The topological polar surface area (TPSA) is 137 Å². The highest BCUT2D eigenvalue weighted by molar-refractivity contribution is 14.1. The molecule has 0 saturated heterocycles. The number of allylic oxidation sites excluding steroid dienone is 1. The van der Waals surface area contributed by atoms with Crippen LogP contribution in [0, 0.1) is 15.9 Å². The third-order valence-corrected chi connectivity index (χ3v) is 6.63. The number of hydrazone groups is 1. The van der Waals surface area contributed by atoms with Gasteiger partial charge < -0.3 is 29.6 Å². The van der Waals surface area contributed by atoms with Gasteiger partial charge in [-0.3, -0.25) is 4.79 Å². The third-order valence-electron chi connectivity index (χ3n) is 5.37. The van der Waals surface area contributed by atoms with Crippen molar-refractivity contribution in [3.63, 3.8) is 0 Å². The summed E-state index contributed by atoms with van der Waals surface area (Å²) in [7, 11) is 1.43. The van der Waals surface area contributed by atoms with E-state index in [4.69, 9.17) is 25.4 Å². The maximum atomic E-state index is 12.6. The fraction of sp³-hybridized carbons (Fsp3) is 0.259. The number of carbonyl (C=O) groups is 3. The summed E-state index contributed by atoms with van der Waals surface area (Å²) < 4.78 is 23.4. The first-order chi connectivity index (χ1) is 19.2. The number of esters is 1. The van der Waals surface area contributed by atoms with Gasteiger partial charge in [0.2, 0.25) is 0 Å². The van der Waals surface area contributed by atoms with E-state index in [1.165, 1.54) is 13.3 Å². The average molecular weight is 725 g/mol. The van der Waals surface area contributed by atoms with E-state index in [1.54, 1.807) is 38.1 Å². The maximum absolute atomic E-state index is 12.6. The molecule has 11 nitrogen and oxygen atoms in total. The van der Waals surface area contributed by atoms with Gasteiger partial charge in [-0.2, -0.15) is 5.10 Å². The fourth-order valence-electron chi connectivity index (χ4n) is 3.70. The Hall–Kier alpha value is -3.77. The van der Waals surface area contributed by atoms with Gasteiger partial charge in [0.1, 0.15) is 12.4 Å². The minimum absolute atomic E-state index is 0.0866. The van der Waals surface area contributed by atoms with Crippen LogP contribution in [0.1, 0.15) is 31.0 Å². The first kappa shape index (κ1) is 30.8. The fourth-order valence-corrected chi connectivity index (χ4v) is 5.40. The van der Waals surface area contributed by atoms with Crippen molar-refractivity contribution in [3.05, 3.63) is 60.8 Å². The molecule has 0 bridgehead atoms. The van der Waals surface area contributed by atoms with Crippen LogP contribution >= 0.6 is 38.5 Å². The maximum Gasteiger partial charge on any atom is 0.338 e. The number of amides is 3. The van der Waals surface area contributed by atoms with E-state index in [9.17, 15) is 14.4 Å². The first-order valence-corrected chi connectivity index (χ1v) is 13.7. The SMILES string of the molecule is C#CCOc1c(I)cc(Br)cc1/C=N/NC(=O)COc1ccc([C@@H]2NC(=O)NC(C)=C2C(=O)OCC)cc1OC. The molecule has 0 spiro atoms. The molecule has 0 aromatic heterocycles. The molecule has 0 radical (unpaired) electrons. The Morgan fingerprint density at radius 1 is 1.25 bits per heavy atom. The lowest BCUT2D eigenvalue weighted by Gasteiger charge is -2.28. The molecule has 2 aromatic carbocycles. The summed E-state index contributed by atoms with van der Waals surface area (Å²) in [6.45, 7) is 3.23. The zero-order valence-corrected chi connectivity index (χ0v) is 25.5. The molecule has 1 heterocycles. The van der Waals surface area contributed by atoms with Gasteiger partial charge in [0, 0.05) is 15.7 Å². The molecule has 0 saturated carbocycles. The summed E-state index contributed by atoms with van der Waals surface area (Å²) in [6, 6.07) is 7.26. The lowest BCUT2D eigenvalue weighted by Crippen LogP contribution is -2.45. The number of carbonyl (C=O) groups excluding carboxylic acids is 3. The van der Waals surface area contributed by atoms with E-state index < -0.39 is 23.9 Å². The summed E-state index contributed by atoms with van der Waals surface area (Å²) >= 11 is 5.54. The average Bonchev–Trinajstić information content (AvgIpc) is 2.91. The zero-order chi connectivity index (χ0) is 29.2. The molecule has 0 fully saturated rings. The molecule has 2 aromatic rings. The molecule has 1 aliphatic heterocycles. The number of hydrogen-bond donors (Lipinski definition) is 3. The van der Waals surface area contributed by atoms with Crippen LogP contribution in [0.15, 0.2) is 51.2 Å². The van der Waals surface area contributed by atoms with E-state index in [-0.39, 0.29) is 31.1 Å². The molecule has 1 atom stereocenters. The predicted octanol–water partition coefficient (Wildman–Crippen LogP) is 3.79. The molecule has 0 aliphatic carbocycles. The van der Waals surface area contributed by atoms with E-state index in [2.05, 4.69) is 65.6 Å². The van der Waals surface area contributed by atoms with Crippen molar-refractivity contribution >= 4 is 62.6 Å². The van der Waals surface area contributed by atoms with Crippen molar-refractivity contribution in [2.24, 2.45) is 5.10 Å². The first-order valence-electron chi connectivity index (χ1n) is 11.8.